The molecule has 2 rings (SSSR count). The van der Waals surface area contributed by atoms with Gasteiger partial charge in [0.15, 0.2) is 8.32 Å². The molecule has 2 aromatic carbocycles. The second-order valence-corrected chi connectivity index (χ2v) is 20.2. The van der Waals surface area contributed by atoms with Crippen molar-refractivity contribution >= 4 is 27.0 Å². The van der Waals surface area contributed by atoms with E-state index in [1.807, 2.05) is 43.3 Å². The number of rotatable bonds is 10. The highest BCUT2D eigenvalue weighted by atomic mass is 28.4. The molecule has 0 aliphatic rings. The summed E-state index contributed by atoms with van der Waals surface area (Å²) in [5, 5.41) is 2.07. The van der Waals surface area contributed by atoms with E-state index in [9.17, 15) is 4.80 Å². The summed E-state index contributed by atoms with van der Waals surface area (Å²) in [5.74, 6) is 6.78. The Bertz CT molecular complexity index is 879. The topological polar surface area (TPSA) is 29.5 Å². The van der Waals surface area contributed by atoms with Gasteiger partial charge in [-0.25, -0.2) is 0 Å². The van der Waals surface area contributed by atoms with Gasteiger partial charge in [0.2, 0.25) is 0 Å². The fraction of sp³-hybridized carbons (Fsp3) is 0.517. The first-order chi connectivity index (χ1) is 15.3. The predicted octanol–water partition coefficient (Wildman–Crippen LogP) is 6.35. The molecule has 0 aliphatic carbocycles. The summed E-state index contributed by atoms with van der Waals surface area (Å²) >= 11 is 0. The Balaban J connectivity index is 2.32. The van der Waals surface area contributed by atoms with Gasteiger partial charge in [0, 0.05) is 13.0 Å². The molecule has 0 spiro atoms. The zero-order valence-corrected chi connectivity index (χ0v) is 24.0. The van der Waals surface area contributed by atoms with Gasteiger partial charge in [-0.15, -0.1) is 11.8 Å². The SMILES string of the molecule is CC#CC[C@@H](CCO[Si](C)(C)C(C)(C)C)CC(C)(C)[Si](O)(c1ccccc1)c1ccccc1. The Kier molecular flexibility index (Phi) is 9.35. The minimum absolute atomic E-state index is 0.207. The van der Waals surface area contributed by atoms with Crippen LogP contribution in [0.1, 0.15) is 60.8 Å². The van der Waals surface area contributed by atoms with Crippen molar-refractivity contribution in [1.29, 1.82) is 0 Å². The smallest absolute Gasteiger partial charge is 0.258 e. The van der Waals surface area contributed by atoms with Gasteiger partial charge in [-0.2, -0.15) is 0 Å². The van der Waals surface area contributed by atoms with Crippen LogP contribution in [0.4, 0.5) is 0 Å². The molecule has 1 atom stereocenters. The second kappa shape index (κ2) is 11.2. The minimum atomic E-state index is -3.02. The monoisotopic (exact) mass is 480 g/mol. The summed E-state index contributed by atoms with van der Waals surface area (Å²) in [5.41, 5.74) is 0. The predicted molar refractivity (Wildman–Crippen MR) is 148 cm³/mol. The van der Waals surface area contributed by atoms with E-state index in [4.69, 9.17) is 4.43 Å². The van der Waals surface area contributed by atoms with Crippen molar-refractivity contribution in [1.82, 2.24) is 0 Å². The van der Waals surface area contributed by atoms with Crippen LogP contribution in [0, 0.1) is 17.8 Å². The standard InChI is InChI=1S/C29H44O2Si2/c1-9-10-17-25(22-23-31-32(7,8)28(2,3)4)24-29(5,6)33(30,26-18-13-11-14-19-26)27-20-15-12-16-21-27/h11-16,18-21,25,30H,17,22-24H2,1-8H3/t25-/m0/s1. The highest BCUT2D eigenvalue weighted by Crippen LogP contribution is 2.43. The third-order valence-corrected chi connectivity index (χ3v) is 16.6. The molecule has 180 valence electrons. The average Bonchev–Trinajstić information content (AvgIpc) is 2.76. The molecular weight excluding hydrogens is 436 g/mol. The normalized spacial score (nSPS) is 13.8. The maximum absolute atomic E-state index is 12.5. The van der Waals surface area contributed by atoms with Crippen LogP contribution in [0.5, 0.6) is 0 Å². The first-order valence-electron chi connectivity index (χ1n) is 12.2. The summed E-state index contributed by atoms with van der Waals surface area (Å²) in [6, 6.07) is 20.6. The lowest BCUT2D eigenvalue weighted by Gasteiger charge is -2.43. The van der Waals surface area contributed by atoms with Gasteiger partial charge in [-0.05, 0) is 59.2 Å². The van der Waals surface area contributed by atoms with E-state index in [0.717, 1.165) is 36.2 Å². The summed E-state index contributed by atoms with van der Waals surface area (Å²) in [4.78, 5) is 12.5. The van der Waals surface area contributed by atoms with E-state index in [0.29, 0.717) is 5.92 Å². The van der Waals surface area contributed by atoms with E-state index in [1.54, 1.807) is 0 Å². The van der Waals surface area contributed by atoms with Crippen molar-refractivity contribution in [3.05, 3.63) is 60.7 Å². The summed E-state index contributed by atoms with van der Waals surface area (Å²) in [6.07, 6.45) is 2.72. The van der Waals surface area contributed by atoms with Gasteiger partial charge >= 0.3 is 0 Å². The zero-order chi connectivity index (χ0) is 24.8. The molecule has 1 N–H and O–H groups in total. The van der Waals surface area contributed by atoms with Gasteiger partial charge in [-0.1, -0.05) is 95.3 Å². The molecular formula is C29H44O2Si2. The molecule has 0 bridgehead atoms. The maximum atomic E-state index is 12.5. The molecule has 2 aromatic rings. The van der Waals surface area contributed by atoms with Crippen LogP contribution in [0.15, 0.2) is 60.7 Å². The zero-order valence-electron chi connectivity index (χ0n) is 22.0. The van der Waals surface area contributed by atoms with E-state index >= 15 is 0 Å². The van der Waals surface area contributed by atoms with Crippen molar-refractivity contribution in [2.45, 2.75) is 84.0 Å². The first-order valence-corrected chi connectivity index (χ1v) is 17.1. The van der Waals surface area contributed by atoms with Crippen molar-refractivity contribution in [2.24, 2.45) is 5.92 Å². The van der Waals surface area contributed by atoms with Gasteiger partial charge in [0.25, 0.3) is 8.32 Å². The van der Waals surface area contributed by atoms with E-state index in [-0.39, 0.29) is 10.1 Å². The van der Waals surface area contributed by atoms with Crippen LogP contribution in [0.2, 0.25) is 23.2 Å². The minimum Gasteiger partial charge on any atom is -0.424 e. The van der Waals surface area contributed by atoms with Crippen LogP contribution in [0.25, 0.3) is 0 Å². The van der Waals surface area contributed by atoms with E-state index < -0.39 is 16.6 Å². The van der Waals surface area contributed by atoms with Crippen molar-refractivity contribution in [2.75, 3.05) is 6.61 Å². The van der Waals surface area contributed by atoms with E-state index in [1.165, 1.54) is 0 Å². The molecule has 0 aromatic heterocycles. The largest absolute Gasteiger partial charge is 0.424 e. The first kappa shape index (κ1) is 27.6. The molecule has 33 heavy (non-hydrogen) atoms. The molecule has 0 aliphatic heterocycles. The summed E-state index contributed by atoms with van der Waals surface area (Å²) in [6.45, 7) is 18.7. The number of hydrogen-bond acceptors (Lipinski definition) is 2. The quantitative estimate of drug-likeness (QED) is 0.317. The molecule has 0 unspecified atom stereocenters. The van der Waals surface area contributed by atoms with Crippen molar-refractivity contribution in [3.63, 3.8) is 0 Å². The van der Waals surface area contributed by atoms with Crippen LogP contribution >= 0.6 is 0 Å². The maximum Gasteiger partial charge on any atom is 0.258 e. The fourth-order valence-corrected chi connectivity index (χ4v) is 9.29. The molecule has 0 heterocycles. The molecule has 0 saturated carbocycles. The van der Waals surface area contributed by atoms with E-state index in [2.05, 4.69) is 83.8 Å². The van der Waals surface area contributed by atoms with Crippen LogP contribution in [-0.2, 0) is 4.43 Å². The second-order valence-electron chi connectivity index (χ2n) is 11.4. The number of benzene rings is 2. The molecule has 2 nitrogen and oxygen atoms in total. The average molecular weight is 481 g/mol. The number of hydrogen-bond donors (Lipinski definition) is 1. The van der Waals surface area contributed by atoms with Crippen LogP contribution in [0.3, 0.4) is 0 Å². The van der Waals surface area contributed by atoms with Crippen LogP contribution < -0.4 is 10.4 Å². The Morgan fingerprint density at radius 3 is 1.79 bits per heavy atom. The molecule has 0 fully saturated rings. The molecule has 0 saturated heterocycles. The lowest BCUT2D eigenvalue weighted by atomic mass is 9.91. The van der Waals surface area contributed by atoms with Crippen LogP contribution in [-0.4, -0.2) is 28.0 Å². The van der Waals surface area contributed by atoms with Gasteiger partial charge in [0.1, 0.15) is 0 Å². The Hall–Kier alpha value is -1.65. The Labute approximate surface area is 205 Å². The van der Waals surface area contributed by atoms with Gasteiger partial charge in [0.05, 0.1) is 0 Å². The summed E-state index contributed by atoms with van der Waals surface area (Å²) in [7, 11) is -4.80. The third kappa shape index (κ3) is 6.70. The van der Waals surface area contributed by atoms with Gasteiger partial charge in [-0.3, -0.25) is 0 Å². The summed E-state index contributed by atoms with van der Waals surface area (Å²) < 4.78 is 6.51. The molecule has 0 radical (unpaired) electrons. The van der Waals surface area contributed by atoms with Gasteiger partial charge < -0.3 is 9.22 Å². The molecule has 4 heteroatoms. The Morgan fingerprint density at radius 1 is 0.879 bits per heavy atom. The lowest BCUT2D eigenvalue weighted by molar-refractivity contribution is 0.242. The van der Waals surface area contributed by atoms with Crippen molar-refractivity contribution in [3.8, 4) is 11.8 Å². The highest BCUT2D eigenvalue weighted by Gasteiger charge is 2.50. The Morgan fingerprint density at radius 2 is 1.36 bits per heavy atom. The highest BCUT2D eigenvalue weighted by molar-refractivity contribution is 6.98. The van der Waals surface area contributed by atoms with Crippen molar-refractivity contribution < 1.29 is 9.22 Å². The fourth-order valence-electron chi connectivity index (χ4n) is 4.40. The molecule has 0 amide bonds. The third-order valence-electron chi connectivity index (χ3n) is 7.52. The lowest BCUT2D eigenvalue weighted by Crippen LogP contribution is -2.65.